The molecule has 0 unspecified atom stereocenters. The number of hydrogen-bond donors (Lipinski definition) is 3. The van der Waals surface area contributed by atoms with Crippen molar-refractivity contribution in [2.45, 2.75) is 43.2 Å². The van der Waals surface area contributed by atoms with Gasteiger partial charge in [0.25, 0.3) is 11.8 Å². The number of benzene rings is 2. The number of pyridine rings is 1. The number of nitrogens with one attached hydrogen (secondary N) is 1. The van der Waals surface area contributed by atoms with E-state index < -0.39 is 80.8 Å². The van der Waals surface area contributed by atoms with E-state index in [4.69, 9.17) is 22.1 Å². The first-order valence-electron chi connectivity index (χ1n) is 13.9. The van der Waals surface area contributed by atoms with Gasteiger partial charge in [0.2, 0.25) is 0 Å². The fourth-order valence-electron chi connectivity index (χ4n) is 5.25. The zero-order chi connectivity index (χ0) is 32.4. The van der Waals surface area contributed by atoms with E-state index in [9.17, 15) is 32.3 Å². The van der Waals surface area contributed by atoms with Crippen molar-refractivity contribution < 1.29 is 41.4 Å². The van der Waals surface area contributed by atoms with E-state index in [1.54, 1.807) is 16.9 Å². The van der Waals surface area contributed by atoms with E-state index in [1.165, 1.54) is 13.2 Å². The number of carbonyl (C=O) groups is 2. The van der Waals surface area contributed by atoms with Crippen LogP contribution in [0.3, 0.4) is 0 Å². The molecule has 4 aromatic rings. The summed E-state index contributed by atoms with van der Waals surface area (Å²) in [4.78, 5) is 29.0. The highest BCUT2D eigenvalue weighted by atomic mass is 35.5. The number of rotatable bonds is 10. The summed E-state index contributed by atoms with van der Waals surface area (Å²) in [7, 11) is 1.42. The van der Waals surface area contributed by atoms with Gasteiger partial charge in [-0.3, -0.25) is 14.3 Å². The lowest BCUT2D eigenvalue weighted by Crippen LogP contribution is -2.44. The van der Waals surface area contributed by atoms with E-state index >= 15 is 4.39 Å². The van der Waals surface area contributed by atoms with Gasteiger partial charge in [-0.15, -0.1) is 0 Å². The number of ether oxygens (including phenoxy) is 1. The van der Waals surface area contributed by atoms with Gasteiger partial charge in [0, 0.05) is 28.8 Å². The maximum absolute atomic E-state index is 15.6. The van der Waals surface area contributed by atoms with Gasteiger partial charge in [-0.25, -0.2) is 18.2 Å². The lowest BCUT2D eigenvalue weighted by molar-refractivity contribution is -0.143. The smallest absolute Gasteiger partial charge is 0.352 e. The van der Waals surface area contributed by atoms with Crippen LogP contribution in [0.1, 0.15) is 53.3 Å². The van der Waals surface area contributed by atoms with Crippen molar-refractivity contribution in [1.82, 2.24) is 20.1 Å². The van der Waals surface area contributed by atoms with Gasteiger partial charge in [0.1, 0.15) is 34.2 Å². The van der Waals surface area contributed by atoms with Crippen molar-refractivity contribution in [3.63, 3.8) is 0 Å². The van der Waals surface area contributed by atoms with Gasteiger partial charge < -0.3 is 20.9 Å². The topological polar surface area (TPSA) is 132 Å². The molecule has 2 aromatic carbocycles. The largest absolute Gasteiger partial charge is 0.494 e. The summed E-state index contributed by atoms with van der Waals surface area (Å²) < 4.78 is 81.4. The first-order chi connectivity index (χ1) is 21.2. The van der Waals surface area contributed by atoms with E-state index in [-0.39, 0.29) is 11.6 Å². The minimum atomic E-state index is -4.62. The second-order valence-corrected chi connectivity index (χ2v) is 11.6. The van der Waals surface area contributed by atoms with Crippen LogP contribution in [0.5, 0.6) is 5.75 Å². The highest BCUT2D eigenvalue weighted by molar-refractivity contribution is 6.31. The number of halogens is 6. The molecule has 2 aromatic heterocycles. The Morgan fingerprint density at radius 2 is 1.82 bits per heavy atom. The molecule has 4 N–H and O–H groups in total. The van der Waals surface area contributed by atoms with Crippen LogP contribution < -0.4 is 15.8 Å². The number of methoxy groups -OCH3 is 1. The Bertz CT molecular complexity index is 1880. The summed E-state index contributed by atoms with van der Waals surface area (Å²) in [5.41, 5.74) is -0.716. The predicted octanol–water partition coefficient (Wildman–Crippen LogP) is 5.12. The number of fused-ring (bicyclic) bond motifs is 1. The van der Waals surface area contributed by atoms with Crippen LogP contribution in [0.15, 0.2) is 36.5 Å². The van der Waals surface area contributed by atoms with Crippen molar-refractivity contribution in [3.05, 3.63) is 75.8 Å². The molecule has 6 rings (SSSR count). The Balaban J connectivity index is 1.40. The predicted molar refractivity (Wildman–Crippen MR) is 151 cm³/mol. The molecule has 1 atom stereocenters. The zero-order valence-corrected chi connectivity index (χ0v) is 24.3. The number of nitrogens with two attached hydrogens (primary N) is 1. The Labute approximate surface area is 257 Å². The molecule has 0 bridgehead atoms. The summed E-state index contributed by atoms with van der Waals surface area (Å²) in [6.07, 6.45) is 4.50. The van der Waals surface area contributed by atoms with Gasteiger partial charge in [-0.1, -0.05) is 11.6 Å². The van der Waals surface area contributed by atoms with Crippen LogP contribution in [0.4, 0.5) is 22.0 Å². The number of nitrogens with zero attached hydrogens (tertiary/aromatic N) is 3. The maximum atomic E-state index is 15.6. The van der Waals surface area contributed by atoms with Crippen LogP contribution in [0.2, 0.25) is 5.02 Å². The molecule has 2 fully saturated rings. The van der Waals surface area contributed by atoms with Crippen LogP contribution in [-0.2, 0) is 16.3 Å². The van der Waals surface area contributed by atoms with E-state index in [1.807, 2.05) is 0 Å². The molecule has 0 radical (unpaired) electrons. The Morgan fingerprint density at radius 3 is 2.44 bits per heavy atom. The van der Waals surface area contributed by atoms with Gasteiger partial charge in [-0.05, 0) is 55.9 Å². The first-order valence-corrected chi connectivity index (χ1v) is 14.2. The van der Waals surface area contributed by atoms with E-state index in [2.05, 4.69) is 15.4 Å². The highest BCUT2D eigenvalue weighted by Gasteiger charge is 2.50. The molecule has 2 saturated carbocycles. The molecule has 0 saturated heterocycles. The second-order valence-electron chi connectivity index (χ2n) is 11.2. The second kappa shape index (κ2) is 10.9. The minimum absolute atomic E-state index is 0.143. The maximum Gasteiger partial charge on any atom is 0.352 e. The number of primary amides is 1. The molecule has 15 heteroatoms. The Morgan fingerprint density at radius 1 is 1.11 bits per heavy atom. The van der Waals surface area contributed by atoms with Crippen molar-refractivity contribution >= 4 is 34.3 Å². The molecule has 236 valence electrons. The summed E-state index contributed by atoms with van der Waals surface area (Å²) in [5.74, 6) is -12.3. The standard InChI is InChI=1S/C30H25ClF5N5O4/c1-45-22-7-13(6-14-11-41(16-4-5-16)40-25(14)22)27(42)38-12-29(44,15-2-3-15)23-9-18(30(35,36)28(37)43)24(34)26(39-23)17-8-19(31)21(33)10-20(17)32/h6-11,15-16,44H,2-5,12H2,1H3,(H2,37,43)(H,38,42)/t29-/m1/s1. The normalized spacial score (nSPS) is 16.4. The molecule has 2 aliphatic carbocycles. The van der Waals surface area contributed by atoms with Crippen LogP contribution in [0.25, 0.3) is 22.2 Å². The third-order valence-corrected chi connectivity index (χ3v) is 8.37. The molecule has 0 spiro atoms. The molecule has 9 nitrogen and oxygen atoms in total. The lowest BCUT2D eigenvalue weighted by Gasteiger charge is -2.30. The minimum Gasteiger partial charge on any atom is -0.494 e. The summed E-state index contributed by atoms with van der Waals surface area (Å²) in [5, 5.41) is 18.9. The summed E-state index contributed by atoms with van der Waals surface area (Å²) >= 11 is 5.75. The first kappa shape index (κ1) is 30.7. The number of aromatic nitrogens is 3. The van der Waals surface area contributed by atoms with E-state index in [0.717, 1.165) is 12.8 Å². The summed E-state index contributed by atoms with van der Waals surface area (Å²) in [6, 6.07) is 4.71. The van der Waals surface area contributed by atoms with Crippen LogP contribution in [0, 0.1) is 23.4 Å². The monoisotopic (exact) mass is 649 g/mol. The van der Waals surface area contributed by atoms with Crippen molar-refractivity contribution in [1.29, 1.82) is 0 Å². The molecule has 45 heavy (non-hydrogen) atoms. The Hall–Kier alpha value is -4.30. The third kappa shape index (κ3) is 5.46. The molecule has 2 heterocycles. The van der Waals surface area contributed by atoms with Crippen LogP contribution in [-0.4, -0.2) is 45.3 Å². The number of alkyl halides is 2. The SMILES string of the molecule is COc1cc(C(=O)NC[C@](O)(c2cc(C(F)(F)C(N)=O)c(F)c(-c3cc(Cl)c(F)cc3F)n2)C2CC2)cc2cn(C3CC3)nc12. The average molecular weight is 650 g/mol. The average Bonchev–Trinajstić information content (AvgIpc) is 3.94. The van der Waals surface area contributed by atoms with Gasteiger partial charge in [-0.2, -0.15) is 13.9 Å². The highest BCUT2D eigenvalue weighted by Crippen LogP contribution is 2.47. The summed E-state index contributed by atoms with van der Waals surface area (Å²) in [6.45, 7) is -0.593. The van der Waals surface area contributed by atoms with Gasteiger partial charge >= 0.3 is 5.92 Å². The van der Waals surface area contributed by atoms with Crippen molar-refractivity contribution in [2.24, 2.45) is 11.7 Å². The fourth-order valence-corrected chi connectivity index (χ4v) is 5.42. The van der Waals surface area contributed by atoms with Gasteiger partial charge in [0.15, 0.2) is 5.82 Å². The molecule has 0 aliphatic heterocycles. The van der Waals surface area contributed by atoms with E-state index in [0.29, 0.717) is 47.7 Å². The quantitative estimate of drug-likeness (QED) is 0.162. The number of aliphatic hydroxyl groups is 1. The Kier molecular flexibility index (Phi) is 7.47. The third-order valence-electron chi connectivity index (χ3n) is 8.08. The van der Waals surface area contributed by atoms with Gasteiger partial charge in [0.05, 0.1) is 36.0 Å². The van der Waals surface area contributed by atoms with Crippen molar-refractivity contribution in [3.8, 4) is 17.0 Å². The van der Waals surface area contributed by atoms with Crippen molar-refractivity contribution in [2.75, 3.05) is 13.7 Å². The number of amides is 2. The lowest BCUT2D eigenvalue weighted by atomic mass is 9.89. The molecular weight excluding hydrogens is 625 g/mol. The number of carbonyl (C=O) groups excluding carboxylic acids is 2. The zero-order valence-electron chi connectivity index (χ0n) is 23.5. The molecule has 2 aliphatic rings. The van der Waals surface area contributed by atoms with Crippen LogP contribution >= 0.6 is 11.6 Å². The number of hydrogen-bond acceptors (Lipinski definition) is 6. The molecule has 2 amide bonds. The fraction of sp³-hybridized carbons (Fsp3) is 0.333. The molecular formula is C30H25ClF5N5O4.